The Labute approximate surface area is 104 Å². The highest BCUT2D eigenvalue weighted by molar-refractivity contribution is 7.12. The molecule has 2 aromatic rings. The molecule has 0 radical (unpaired) electrons. The van der Waals surface area contributed by atoms with Crippen molar-refractivity contribution in [2.24, 2.45) is 0 Å². The molecule has 0 spiro atoms. The normalized spacial score (nSPS) is 11.8. The van der Waals surface area contributed by atoms with Crippen LogP contribution >= 0.6 is 11.3 Å². The van der Waals surface area contributed by atoms with Crippen LogP contribution in [0.1, 0.15) is 15.6 Å². The van der Waals surface area contributed by atoms with Crippen molar-refractivity contribution in [3.63, 3.8) is 0 Å². The minimum atomic E-state index is -4.35. The van der Waals surface area contributed by atoms with E-state index < -0.39 is 16.7 Å². The Bertz CT molecular complexity index is 617. The molecule has 0 N–H and O–H groups in total. The van der Waals surface area contributed by atoms with E-state index in [1.54, 1.807) is 6.92 Å². The summed E-state index contributed by atoms with van der Waals surface area (Å²) in [5.74, 6) is 0.332. The summed E-state index contributed by atoms with van der Waals surface area (Å²) in [6.45, 7) is 1.61. The molecule has 0 aliphatic rings. The number of alkyl halides is 3. The Hall–Kier alpha value is -1.70. The van der Waals surface area contributed by atoms with Crippen molar-refractivity contribution in [2.45, 2.75) is 19.6 Å². The van der Waals surface area contributed by atoms with Gasteiger partial charge in [-0.25, -0.2) is 9.78 Å². The smallest absolute Gasteiger partial charge is 0.277 e. The summed E-state index contributed by atoms with van der Waals surface area (Å²) in [7, 11) is 0. The third-order valence-corrected chi connectivity index (χ3v) is 3.27. The van der Waals surface area contributed by atoms with Gasteiger partial charge in [0.05, 0.1) is 6.54 Å². The molecule has 0 unspecified atom stereocenters. The van der Waals surface area contributed by atoms with Crippen molar-refractivity contribution in [3.8, 4) is 0 Å². The Morgan fingerprint density at radius 1 is 1.39 bits per heavy atom. The molecule has 0 fully saturated rings. The van der Waals surface area contributed by atoms with Gasteiger partial charge in [0.2, 0.25) is 0 Å². The molecule has 0 aliphatic carbocycles. The van der Waals surface area contributed by atoms with Crippen molar-refractivity contribution in [2.75, 3.05) is 0 Å². The van der Waals surface area contributed by atoms with Crippen LogP contribution in [-0.2, 0) is 12.7 Å². The second kappa shape index (κ2) is 4.52. The van der Waals surface area contributed by atoms with Crippen LogP contribution in [-0.4, -0.2) is 14.5 Å². The molecule has 0 aromatic carbocycles. The van der Waals surface area contributed by atoms with E-state index in [0.717, 1.165) is 6.07 Å². The third kappa shape index (κ3) is 2.76. The highest BCUT2D eigenvalue weighted by atomic mass is 32.1. The average Bonchev–Trinajstić information content (AvgIpc) is 2.70. The predicted octanol–water partition coefficient (Wildman–Crippen LogP) is 2.08. The number of hydrogen-bond acceptors (Lipinski definition) is 4. The molecule has 0 amide bonds. The van der Waals surface area contributed by atoms with Gasteiger partial charge in [-0.15, -0.1) is 11.3 Å². The zero-order valence-electron chi connectivity index (χ0n) is 9.23. The Balaban J connectivity index is 2.24. The number of aromatic nitrogens is 3. The molecule has 2 rings (SSSR count). The van der Waals surface area contributed by atoms with Crippen LogP contribution in [0, 0.1) is 6.92 Å². The Morgan fingerprint density at radius 2 is 2.11 bits per heavy atom. The molecule has 96 valence electrons. The van der Waals surface area contributed by atoms with Gasteiger partial charge >= 0.3 is 11.9 Å². The molecule has 0 saturated carbocycles. The van der Waals surface area contributed by atoms with Crippen molar-refractivity contribution < 1.29 is 13.2 Å². The van der Waals surface area contributed by atoms with Gasteiger partial charge in [0.1, 0.15) is 17.0 Å². The monoisotopic (exact) mass is 275 g/mol. The van der Waals surface area contributed by atoms with Crippen molar-refractivity contribution in [1.82, 2.24) is 14.5 Å². The maximum atomic E-state index is 12.4. The van der Waals surface area contributed by atoms with Crippen LogP contribution in [0.4, 0.5) is 13.2 Å². The highest BCUT2D eigenvalue weighted by Gasteiger charge is 2.32. The lowest BCUT2D eigenvalue weighted by Gasteiger charge is -2.03. The average molecular weight is 275 g/mol. The summed E-state index contributed by atoms with van der Waals surface area (Å²) < 4.78 is 38.3. The molecule has 0 saturated heterocycles. The van der Waals surface area contributed by atoms with Gasteiger partial charge in [-0.1, -0.05) is 0 Å². The number of hydrogen-bond donors (Lipinski definition) is 0. The van der Waals surface area contributed by atoms with E-state index in [-0.39, 0.29) is 6.54 Å². The van der Waals surface area contributed by atoms with Gasteiger partial charge in [0, 0.05) is 4.88 Å². The fraction of sp³-hybridized carbons (Fsp3) is 0.300. The van der Waals surface area contributed by atoms with E-state index in [4.69, 9.17) is 0 Å². The fourth-order valence-electron chi connectivity index (χ4n) is 1.33. The third-order valence-electron chi connectivity index (χ3n) is 2.15. The quantitative estimate of drug-likeness (QED) is 0.843. The van der Waals surface area contributed by atoms with Gasteiger partial charge in [-0.05, 0) is 19.1 Å². The zero-order valence-corrected chi connectivity index (χ0v) is 10.0. The van der Waals surface area contributed by atoms with Crippen LogP contribution in [0.15, 0.2) is 23.3 Å². The van der Waals surface area contributed by atoms with Gasteiger partial charge in [-0.2, -0.15) is 18.2 Å². The van der Waals surface area contributed by atoms with E-state index in [9.17, 15) is 18.0 Å². The zero-order chi connectivity index (χ0) is 13.3. The van der Waals surface area contributed by atoms with Crippen LogP contribution in [0.5, 0.6) is 0 Å². The standard InChI is InChI=1S/C10H8F3N3OS/c1-6-14-5-16(9(17)15-6)4-7-2-3-8(18-7)10(11,12)13/h2-3,5H,4H2,1H3. The van der Waals surface area contributed by atoms with Crippen molar-refractivity contribution in [3.05, 3.63) is 44.5 Å². The molecular weight excluding hydrogens is 267 g/mol. The number of aryl methyl sites for hydroxylation is 1. The van der Waals surface area contributed by atoms with E-state index in [0.29, 0.717) is 22.0 Å². The first-order valence-electron chi connectivity index (χ1n) is 4.92. The summed E-state index contributed by atoms with van der Waals surface area (Å²) in [6.07, 6.45) is -3.07. The maximum absolute atomic E-state index is 12.4. The molecule has 2 heterocycles. The fourth-order valence-corrected chi connectivity index (χ4v) is 2.20. The number of halogens is 3. The van der Waals surface area contributed by atoms with Gasteiger partial charge in [-0.3, -0.25) is 4.57 Å². The molecule has 0 atom stereocenters. The minimum absolute atomic E-state index is 0.0415. The van der Waals surface area contributed by atoms with Crippen LogP contribution in [0.25, 0.3) is 0 Å². The van der Waals surface area contributed by atoms with Gasteiger partial charge in [0.25, 0.3) is 0 Å². The second-order valence-electron chi connectivity index (χ2n) is 3.58. The Morgan fingerprint density at radius 3 is 2.67 bits per heavy atom. The SMILES string of the molecule is Cc1ncn(Cc2ccc(C(F)(F)F)s2)c(=O)n1. The Kier molecular flexibility index (Phi) is 3.20. The van der Waals surface area contributed by atoms with E-state index in [1.807, 2.05) is 0 Å². The molecule has 0 aliphatic heterocycles. The first kappa shape index (κ1) is 12.7. The number of rotatable bonds is 2. The molecule has 18 heavy (non-hydrogen) atoms. The lowest BCUT2D eigenvalue weighted by Crippen LogP contribution is -2.24. The number of thiophene rings is 1. The van der Waals surface area contributed by atoms with E-state index >= 15 is 0 Å². The lowest BCUT2D eigenvalue weighted by atomic mass is 10.4. The van der Waals surface area contributed by atoms with Crippen molar-refractivity contribution in [1.29, 1.82) is 0 Å². The first-order valence-corrected chi connectivity index (χ1v) is 5.74. The highest BCUT2D eigenvalue weighted by Crippen LogP contribution is 2.34. The molecule has 0 bridgehead atoms. The number of nitrogens with zero attached hydrogens (tertiary/aromatic N) is 3. The molecule has 8 heteroatoms. The summed E-state index contributed by atoms with van der Waals surface area (Å²) >= 11 is 0.607. The minimum Gasteiger partial charge on any atom is -0.277 e. The summed E-state index contributed by atoms with van der Waals surface area (Å²) in [5, 5.41) is 0. The summed E-state index contributed by atoms with van der Waals surface area (Å²) in [4.78, 5) is 18.6. The van der Waals surface area contributed by atoms with Crippen LogP contribution < -0.4 is 5.69 Å². The van der Waals surface area contributed by atoms with Crippen LogP contribution in [0.3, 0.4) is 0 Å². The van der Waals surface area contributed by atoms with E-state index in [2.05, 4.69) is 9.97 Å². The molecule has 4 nitrogen and oxygen atoms in total. The van der Waals surface area contributed by atoms with Gasteiger partial charge < -0.3 is 0 Å². The topological polar surface area (TPSA) is 47.8 Å². The van der Waals surface area contributed by atoms with E-state index in [1.165, 1.54) is 17.0 Å². The van der Waals surface area contributed by atoms with Crippen LogP contribution in [0.2, 0.25) is 0 Å². The first-order chi connectivity index (χ1) is 8.36. The molecular formula is C10H8F3N3OS. The predicted molar refractivity (Wildman–Crippen MR) is 59.5 cm³/mol. The maximum Gasteiger partial charge on any atom is 0.425 e. The second-order valence-corrected chi connectivity index (χ2v) is 4.75. The summed E-state index contributed by atoms with van der Waals surface area (Å²) in [5.41, 5.74) is -0.524. The largest absolute Gasteiger partial charge is 0.425 e. The van der Waals surface area contributed by atoms with Crippen molar-refractivity contribution >= 4 is 11.3 Å². The summed E-state index contributed by atoms with van der Waals surface area (Å²) in [6, 6.07) is 2.35. The molecule has 2 aromatic heterocycles. The van der Waals surface area contributed by atoms with Gasteiger partial charge in [0.15, 0.2) is 0 Å². The lowest BCUT2D eigenvalue weighted by molar-refractivity contribution is -0.134.